The van der Waals surface area contributed by atoms with Crippen LogP contribution < -0.4 is 5.32 Å². The maximum atomic E-state index is 9.45. The average Bonchev–Trinajstić information content (AvgIpc) is 3.21. The van der Waals surface area contributed by atoms with Crippen LogP contribution >= 0.6 is 0 Å². The molecular formula is C23H46N2O4S. The van der Waals surface area contributed by atoms with Gasteiger partial charge in [-0.05, 0) is 45.4 Å². The highest BCUT2D eigenvalue weighted by Crippen LogP contribution is 2.10. The molecule has 0 amide bonds. The number of hydrogen-bond acceptors (Lipinski definition) is 5. The minimum Gasteiger partial charge on any atom is -0.726 e. The van der Waals surface area contributed by atoms with Crippen molar-refractivity contribution in [3.8, 4) is 0 Å². The smallest absolute Gasteiger partial charge is 0.232 e. The van der Waals surface area contributed by atoms with Crippen molar-refractivity contribution in [2.75, 3.05) is 26.2 Å². The van der Waals surface area contributed by atoms with E-state index in [2.05, 4.69) is 39.5 Å². The SMILES string of the molecule is CCCCCCCC/C=C\CCCCCCCC[N+]1=CNCC1.CCOS(=O)(=O)[O-]. The molecule has 0 unspecified atom stereocenters. The number of unbranched alkanes of at least 4 members (excludes halogenated alkanes) is 12. The molecule has 1 N–H and O–H groups in total. The molecule has 0 fully saturated rings. The van der Waals surface area contributed by atoms with Gasteiger partial charge in [-0.25, -0.2) is 8.42 Å². The second-order valence-corrected chi connectivity index (χ2v) is 8.92. The third-order valence-corrected chi connectivity index (χ3v) is 5.56. The standard InChI is InChI=1S/C21H40N2.C2H6O4S/c1-2-3-4-5-6-7-8-9-10-11-12-13-14-15-16-17-19-23-20-18-22-21-23;1-2-6-7(3,4)5/h9-10,21H,2-8,11-20H2,1H3;2H2,1H3,(H,3,4,5)/b10-9-;. The molecule has 0 radical (unpaired) electrons. The zero-order valence-electron chi connectivity index (χ0n) is 19.4. The molecule has 1 heterocycles. The predicted octanol–water partition coefficient (Wildman–Crippen LogP) is 5.15. The van der Waals surface area contributed by atoms with Gasteiger partial charge in [-0.3, -0.25) is 14.1 Å². The van der Waals surface area contributed by atoms with Crippen LogP contribution in [0.5, 0.6) is 0 Å². The minimum atomic E-state index is -4.42. The Balaban J connectivity index is 0.00000103. The van der Waals surface area contributed by atoms with Crippen LogP contribution in [0, 0.1) is 0 Å². The van der Waals surface area contributed by atoms with E-state index in [1.807, 2.05) is 0 Å². The highest BCUT2D eigenvalue weighted by Gasteiger charge is 2.06. The van der Waals surface area contributed by atoms with Crippen molar-refractivity contribution in [3.63, 3.8) is 0 Å². The fourth-order valence-corrected chi connectivity index (χ4v) is 3.64. The Morgan fingerprint density at radius 2 is 1.43 bits per heavy atom. The van der Waals surface area contributed by atoms with Crippen molar-refractivity contribution in [1.29, 1.82) is 0 Å². The van der Waals surface area contributed by atoms with E-state index in [0.717, 1.165) is 6.54 Å². The molecule has 0 spiro atoms. The van der Waals surface area contributed by atoms with Gasteiger partial charge in [0.1, 0.15) is 13.1 Å². The summed E-state index contributed by atoms with van der Waals surface area (Å²) in [4.78, 5) is 0. The van der Waals surface area contributed by atoms with E-state index in [9.17, 15) is 13.0 Å². The molecule has 0 saturated carbocycles. The van der Waals surface area contributed by atoms with E-state index < -0.39 is 10.4 Å². The Kier molecular flexibility index (Phi) is 20.7. The maximum absolute atomic E-state index is 9.45. The first-order chi connectivity index (χ1) is 14.5. The van der Waals surface area contributed by atoms with E-state index in [4.69, 9.17) is 0 Å². The summed E-state index contributed by atoms with van der Waals surface area (Å²) >= 11 is 0. The van der Waals surface area contributed by atoms with E-state index in [1.54, 1.807) is 0 Å². The van der Waals surface area contributed by atoms with Gasteiger partial charge in [0.15, 0.2) is 0 Å². The lowest BCUT2D eigenvalue weighted by Crippen LogP contribution is -2.11. The van der Waals surface area contributed by atoms with E-state index >= 15 is 0 Å². The van der Waals surface area contributed by atoms with Crippen LogP contribution in [-0.4, -0.2) is 50.1 Å². The summed E-state index contributed by atoms with van der Waals surface area (Å²) in [6, 6.07) is 0. The highest BCUT2D eigenvalue weighted by molar-refractivity contribution is 7.80. The van der Waals surface area contributed by atoms with Gasteiger partial charge < -0.3 is 4.55 Å². The van der Waals surface area contributed by atoms with Crippen LogP contribution in [0.2, 0.25) is 0 Å². The number of nitrogens with zero attached hydrogens (tertiary/aromatic N) is 1. The Labute approximate surface area is 186 Å². The molecule has 0 atom stereocenters. The molecular weight excluding hydrogens is 400 g/mol. The normalized spacial score (nSPS) is 13.8. The quantitative estimate of drug-likeness (QED) is 0.103. The Hall–Kier alpha value is -0.920. The summed E-state index contributed by atoms with van der Waals surface area (Å²) in [5, 5.41) is 3.27. The second-order valence-electron chi connectivity index (χ2n) is 7.87. The van der Waals surface area contributed by atoms with E-state index in [0.29, 0.717) is 0 Å². The van der Waals surface area contributed by atoms with Gasteiger partial charge in [0.25, 0.3) is 0 Å². The molecule has 0 aromatic heterocycles. The summed E-state index contributed by atoms with van der Waals surface area (Å²) in [5.41, 5.74) is 0. The molecule has 1 aliphatic rings. The van der Waals surface area contributed by atoms with Crippen molar-refractivity contribution < 1.29 is 21.7 Å². The summed E-state index contributed by atoms with van der Waals surface area (Å²) in [5.74, 6) is 0. The minimum absolute atomic E-state index is 0.0914. The van der Waals surface area contributed by atoms with Gasteiger partial charge >= 0.3 is 0 Å². The Bertz CT molecular complexity index is 533. The molecule has 7 heteroatoms. The van der Waals surface area contributed by atoms with Gasteiger partial charge in [0, 0.05) is 0 Å². The van der Waals surface area contributed by atoms with Crippen LogP contribution in [0.15, 0.2) is 12.2 Å². The average molecular weight is 447 g/mol. The first-order valence-corrected chi connectivity index (χ1v) is 13.4. The van der Waals surface area contributed by atoms with Crippen molar-refractivity contribution in [1.82, 2.24) is 5.32 Å². The molecule has 0 aromatic carbocycles. The zero-order valence-corrected chi connectivity index (χ0v) is 20.3. The number of hydrogen-bond donors (Lipinski definition) is 1. The first-order valence-electron chi connectivity index (χ1n) is 12.1. The lowest BCUT2D eigenvalue weighted by atomic mass is 10.1. The molecule has 178 valence electrons. The zero-order chi connectivity index (χ0) is 22.3. The summed E-state index contributed by atoms with van der Waals surface area (Å²) in [6.07, 6.45) is 26.5. The highest BCUT2D eigenvalue weighted by atomic mass is 32.3. The molecule has 1 rings (SSSR count). The third-order valence-electron chi connectivity index (χ3n) is 5.04. The fraction of sp³-hybridized carbons (Fsp3) is 0.870. The lowest BCUT2D eigenvalue weighted by molar-refractivity contribution is -0.514. The van der Waals surface area contributed by atoms with Gasteiger partial charge in [0.2, 0.25) is 16.7 Å². The predicted molar refractivity (Wildman–Crippen MR) is 125 cm³/mol. The van der Waals surface area contributed by atoms with Crippen molar-refractivity contribution in [3.05, 3.63) is 12.2 Å². The molecule has 0 aliphatic carbocycles. The molecule has 0 aromatic rings. The van der Waals surface area contributed by atoms with Crippen molar-refractivity contribution in [2.24, 2.45) is 0 Å². The maximum Gasteiger partial charge on any atom is 0.232 e. The van der Waals surface area contributed by atoms with E-state index in [-0.39, 0.29) is 6.61 Å². The first kappa shape index (κ1) is 29.1. The van der Waals surface area contributed by atoms with Gasteiger partial charge in [0.05, 0.1) is 13.2 Å². The van der Waals surface area contributed by atoms with Crippen LogP contribution in [0.25, 0.3) is 0 Å². The second kappa shape index (κ2) is 21.3. The monoisotopic (exact) mass is 446 g/mol. The molecule has 30 heavy (non-hydrogen) atoms. The lowest BCUT2D eigenvalue weighted by Gasteiger charge is -2.02. The van der Waals surface area contributed by atoms with Crippen LogP contribution in [0.1, 0.15) is 104 Å². The van der Waals surface area contributed by atoms with Crippen LogP contribution in [-0.2, 0) is 14.6 Å². The largest absolute Gasteiger partial charge is 0.726 e. The third kappa shape index (κ3) is 23.4. The van der Waals surface area contributed by atoms with E-state index in [1.165, 1.54) is 110 Å². The molecule has 0 bridgehead atoms. The molecule has 1 aliphatic heterocycles. The number of allylic oxidation sites excluding steroid dienone is 2. The summed E-state index contributed by atoms with van der Waals surface area (Å²) in [6.45, 7) is 7.20. The Morgan fingerprint density at radius 3 is 1.87 bits per heavy atom. The van der Waals surface area contributed by atoms with Crippen LogP contribution in [0.4, 0.5) is 0 Å². The van der Waals surface area contributed by atoms with Crippen LogP contribution in [0.3, 0.4) is 0 Å². The molecule has 0 saturated heterocycles. The Morgan fingerprint density at radius 1 is 0.900 bits per heavy atom. The van der Waals surface area contributed by atoms with Crippen molar-refractivity contribution in [2.45, 2.75) is 104 Å². The van der Waals surface area contributed by atoms with Gasteiger partial charge in [-0.1, -0.05) is 70.4 Å². The number of rotatable bonds is 18. The summed E-state index contributed by atoms with van der Waals surface area (Å²) < 4.78 is 34.4. The topological polar surface area (TPSA) is 81.5 Å². The fourth-order valence-electron chi connectivity index (χ4n) is 3.35. The summed E-state index contributed by atoms with van der Waals surface area (Å²) in [7, 11) is -4.42. The van der Waals surface area contributed by atoms with Gasteiger partial charge in [-0.15, -0.1) is 0 Å². The van der Waals surface area contributed by atoms with Gasteiger partial charge in [-0.2, -0.15) is 0 Å². The number of nitrogens with one attached hydrogen (secondary N) is 1. The molecule has 6 nitrogen and oxygen atoms in total. The van der Waals surface area contributed by atoms with Crippen molar-refractivity contribution >= 4 is 16.7 Å².